The molecule has 0 saturated carbocycles. The smallest absolute Gasteiger partial charge is 0.255 e. The summed E-state index contributed by atoms with van der Waals surface area (Å²) in [5, 5.41) is 9.16. The molecule has 0 radical (unpaired) electrons. The molecule has 0 saturated heterocycles. The Bertz CT molecular complexity index is 1570. The highest BCUT2D eigenvalue weighted by Gasteiger charge is 2.19. The average molecular weight is 460 g/mol. The van der Waals surface area contributed by atoms with Gasteiger partial charge in [0.1, 0.15) is 0 Å². The number of para-hydroxylation sites is 1. The number of carbonyl (C=O) groups excluding carboxylic acids is 2. The number of aromatic nitrogens is 2. The summed E-state index contributed by atoms with van der Waals surface area (Å²) in [7, 11) is 0. The van der Waals surface area contributed by atoms with E-state index in [1.54, 1.807) is 18.3 Å². The van der Waals surface area contributed by atoms with Gasteiger partial charge in [-0.15, -0.1) is 0 Å². The van der Waals surface area contributed by atoms with E-state index in [0.29, 0.717) is 12.1 Å². The third-order valence-electron chi connectivity index (χ3n) is 6.09. The van der Waals surface area contributed by atoms with Gasteiger partial charge in [0.15, 0.2) is 5.65 Å². The highest BCUT2D eigenvalue weighted by Crippen LogP contribution is 2.30. The van der Waals surface area contributed by atoms with E-state index in [0.717, 1.165) is 45.1 Å². The molecule has 0 spiro atoms. The molecular weight excluding hydrogens is 438 g/mol. The summed E-state index contributed by atoms with van der Waals surface area (Å²) in [6.07, 6.45) is 3.68. The van der Waals surface area contributed by atoms with Crippen LogP contribution in [0.2, 0.25) is 0 Å². The Morgan fingerprint density at radius 1 is 0.914 bits per heavy atom. The first-order chi connectivity index (χ1) is 17.2. The highest BCUT2D eigenvalue weighted by atomic mass is 16.2. The van der Waals surface area contributed by atoms with Crippen molar-refractivity contribution in [1.82, 2.24) is 14.7 Å². The van der Waals surface area contributed by atoms with E-state index in [4.69, 9.17) is 0 Å². The fourth-order valence-electron chi connectivity index (χ4n) is 4.32. The van der Waals surface area contributed by atoms with E-state index >= 15 is 0 Å². The van der Waals surface area contributed by atoms with Crippen LogP contribution >= 0.6 is 0 Å². The molecule has 0 fully saturated rings. The van der Waals surface area contributed by atoms with Crippen LogP contribution in [0.5, 0.6) is 0 Å². The maximum absolute atomic E-state index is 12.5. The number of hydrogen-bond donors (Lipinski definition) is 3. The monoisotopic (exact) mass is 459 g/mol. The zero-order chi connectivity index (χ0) is 23.8. The molecule has 3 aromatic carbocycles. The Morgan fingerprint density at radius 3 is 2.57 bits per heavy atom. The Hall–Kier alpha value is -4.91. The minimum Gasteiger partial charge on any atom is -0.352 e. The summed E-state index contributed by atoms with van der Waals surface area (Å²) in [6, 6.07) is 26.6. The number of amides is 2. The van der Waals surface area contributed by atoms with Crippen LogP contribution < -0.4 is 16.0 Å². The van der Waals surface area contributed by atoms with Gasteiger partial charge in [-0.3, -0.25) is 14.0 Å². The number of nitrogens with zero attached hydrogens (tertiary/aromatic N) is 2. The number of imidazole rings is 1. The minimum absolute atomic E-state index is 0.0255. The maximum Gasteiger partial charge on any atom is 0.255 e. The van der Waals surface area contributed by atoms with Crippen LogP contribution in [0.4, 0.5) is 17.1 Å². The number of rotatable bonds is 5. The van der Waals surface area contributed by atoms with Crippen molar-refractivity contribution in [1.29, 1.82) is 0 Å². The molecule has 3 heterocycles. The lowest BCUT2D eigenvalue weighted by molar-refractivity contribution is 0.0964. The fourth-order valence-corrected chi connectivity index (χ4v) is 4.32. The SMILES string of the molecule is O=C(Nc1ccccc1)c1ccc(Nc2ccc(-c3ccc4c(c3)CNC4=O)n3ccnc23)cc1. The van der Waals surface area contributed by atoms with Crippen LogP contribution in [0.3, 0.4) is 0 Å². The second-order valence-electron chi connectivity index (χ2n) is 8.33. The third-order valence-corrected chi connectivity index (χ3v) is 6.09. The van der Waals surface area contributed by atoms with Crippen molar-refractivity contribution < 1.29 is 9.59 Å². The summed E-state index contributed by atoms with van der Waals surface area (Å²) in [6.45, 7) is 0.550. The van der Waals surface area contributed by atoms with Gasteiger partial charge in [-0.25, -0.2) is 4.98 Å². The molecule has 7 heteroatoms. The maximum atomic E-state index is 12.5. The van der Waals surface area contributed by atoms with Gasteiger partial charge in [-0.05, 0) is 71.8 Å². The number of carbonyl (C=O) groups is 2. The number of pyridine rings is 1. The van der Waals surface area contributed by atoms with Gasteiger partial charge >= 0.3 is 0 Å². The fraction of sp³-hybridized carbons (Fsp3) is 0.0357. The van der Waals surface area contributed by atoms with Gasteiger partial charge in [0, 0.05) is 41.4 Å². The molecule has 0 unspecified atom stereocenters. The molecule has 1 aliphatic heterocycles. The van der Waals surface area contributed by atoms with E-state index in [1.807, 2.05) is 83.4 Å². The lowest BCUT2D eigenvalue weighted by atomic mass is 10.0. The number of benzene rings is 3. The van der Waals surface area contributed by atoms with E-state index in [9.17, 15) is 9.59 Å². The minimum atomic E-state index is -0.158. The normalized spacial score (nSPS) is 12.3. The van der Waals surface area contributed by atoms with Crippen molar-refractivity contribution in [2.24, 2.45) is 0 Å². The average Bonchev–Trinajstić information content (AvgIpc) is 3.53. The molecule has 7 nitrogen and oxygen atoms in total. The zero-order valence-corrected chi connectivity index (χ0v) is 18.7. The van der Waals surface area contributed by atoms with Gasteiger partial charge < -0.3 is 16.0 Å². The van der Waals surface area contributed by atoms with Crippen LogP contribution in [-0.2, 0) is 6.54 Å². The lowest BCUT2D eigenvalue weighted by Crippen LogP contribution is -2.12. The summed E-state index contributed by atoms with van der Waals surface area (Å²) < 4.78 is 2.02. The van der Waals surface area contributed by atoms with Gasteiger partial charge in [0.05, 0.1) is 11.4 Å². The quantitative estimate of drug-likeness (QED) is 0.335. The van der Waals surface area contributed by atoms with Crippen LogP contribution in [0.25, 0.3) is 16.9 Å². The number of fused-ring (bicyclic) bond motifs is 2. The van der Waals surface area contributed by atoms with Crippen molar-refractivity contribution in [3.63, 3.8) is 0 Å². The summed E-state index contributed by atoms with van der Waals surface area (Å²) in [4.78, 5) is 29.0. The second kappa shape index (κ2) is 8.46. The van der Waals surface area contributed by atoms with Gasteiger partial charge in [0.25, 0.3) is 11.8 Å². The molecule has 0 aliphatic carbocycles. The molecule has 6 rings (SSSR count). The Kier molecular flexibility index (Phi) is 5.00. The molecule has 1 aliphatic rings. The van der Waals surface area contributed by atoms with Crippen LogP contribution in [-0.4, -0.2) is 21.2 Å². The zero-order valence-electron chi connectivity index (χ0n) is 18.7. The van der Waals surface area contributed by atoms with E-state index in [2.05, 4.69) is 20.9 Å². The largest absolute Gasteiger partial charge is 0.352 e. The number of hydrogen-bond acceptors (Lipinski definition) is 4. The van der Waals surface area contributed by atoms with Crippen molar-refractivity contribution in [2.75, 3.05) is 10.6 Å². The van der Waals surface area contributed by atoms with Crippen LogP contribution in [0.1, 0.15) is 26.3 Å². The Balaban J connectivity index is 1.24. The second-order valence-corrected chi connectivity index (χ2v) is 8.33. The van der Waals surface area contributed by atoms with E-state index in [1.165, 1.54) is 0 Å². The number of anilines is 3. The standard InChI is InChI=1S/C28H21N5O2/c34-27(32-21-4-2-1-3-5-21)18-6-9-22(10-7-18)31-24-12-13-25(33-15-14-29-26(24)33)19-8-11-23-20(16-19)17-30-28(23)35/h1-16,31H,17H2,(H,30,35)(H,32,34). The van der Waals surface area contributed by atoms with Gasteiger partial charge in [-0.1, -0.05) is 24.3 Å². The number of nitrogens with one attached hydrogen (secondary N) is 3. The highest BCUT2D eigenvalue weighted by molar-refractivity contribution is 6.04. The molecule has 2 aromatic heterocycles. The van der Waals surface area contributed by atoms with Crippen LogP contribution in [0, 0.1) is 0 Å². The Labute approximate surface area is 201 Å². The van der Waals surface area contributed by atoms with Crippen molar-refractivity contribution in [2.45, 2.75) is 6.54 Å². The molecule has 3 N–H and O–H groups in total. The van der Waals surface area contributed by atoms with Gasteiger partial charge in [0.2, 0.25) is 0 Å². The first-order valence-electron chi connectivity index (χ1n) is 11.3. The molecule has 5 aromatic rings. The van der Waals surface area contributed by atoms with Crippen LogP contribution in [0.15, 0.2) is 97.3 Å². The summed E-state index contributed by atoms with van der Waals surface area (Å²) >= 11 is 0. The molecule has 170 valence electrons. The van der Waals surface area contributed by atoms with E-state index in [-0.39, 0.29) is 11.8 Å². The molecule has 0 bridgehead atoms. The summed E-state index contributed by atoms with van der Waals surface area (Å²) in [5.74, 6) is -0.184. The first kappa shape index (κ1) is 20.7. The molecule has 2 amide bonds. The third kappa shape index (κ3) is 3.89. The Morgan fingerprint density at radius 2 is 1.74 bits per heavy atom. The van der Waals surface area contributed by atoms with E-state index < -0.39 is 0 Å². The summed E-state index contributed by atoms with van der Waals surface area (Å²) in [5.41, 5.74) is 7.54. The lowest BCUT2D eigenvalue weighted by Gasteiger charge is -2.13. The molecule has 35 heavy (non-hydrogen) atoms. The van der Waals surface area contributed by atoms with Crippen molar-refractivity contribution in [3.8, 4) is 11.3 Å². The predicted octanol–water partition coefficient (Wildman–Crippen LogP) is 5.24. The first-order valence-corrected chi connectivity index (χ1v) is 11.3. The molecule has 0 atom stereocenters. The predicted molar refractivity (Wildman–Crippen MR) is 136 cm³/mol. The molecular formula is C28H21N5O2. The van der Waals surface area contributed by atoms with Crippen molar-refractivity contribution in [3.05, 3.63) is 114 Å². The van der Waals surface area contributed by atoms with Gasteiger partial charge in [-0.2, -0.15) is 0 Å². The van der Waals surface area contributed by atoms with Crippen molar-refractivity contribution >= 4 is 34.5 Å². The topological polar surface area (TPSA) is 87.5 Å².